The van der Waals surface area contributed by atoms with Gasteiger partial charge in [-0.15, -0.1) is 0 Å². The van der Waals surface area contributed by atoms with Crippen LogP contribution < -0.4 is 4.74 Å². The topological polar surface area (TPSA) is 60.2 Å². The lowest BCUT2D eigenvalue weighted by atomic mass is 10.0. The molecule has 18 heavy (non-hydrogen) atoms. The predicted octanol–water partition coefficient (Wildman–Crippen LogP) is 3.47. The zero-order chi connectivity index (χ0) is 13.0. The summed E-state index contributed by atoms with van der Waals surface area (Å²) < 4.78 is 10.1. The van der Waals surface area contributed by atoms with Crippen LogP contribution in [0.1, 0.15) is 18.9 Å². The Morgan fingerprint density at radius 1 is 1.56 bits per heavy atom. The van der Waals surface area contributed by atoms with Gasteiger partial charge in [0.15, 0.2) is 5.00 Å². The number of halogens is 1. The van der Waals surface area contributed by atoms with Crippen molar-refractivity contribution in [1.29, 1.82) is 0 Å². The van der Waals surface area contributed by atoms with Crippen molar-refractivity contribution in [3.63, 3.8) is 0 Å². The van der Waals surface area contributed by atoms with E-state index in [9.17, 15) is 4.79 Å². The fraction of sp³-hybridized carbons (Fsp3) is 0.417. The molecule has 0 aromatic heterocycles. The number of carbonyl (C=O) groups excluding carboxylic acids is 1. The maximum Gasteiger partial charge on any atom is 0.452 e. The first-order chi connectivity index (χ1) is 8.65. The Balaban J connectivity index is 2.24. The van der Waals surface area contributed by atoms with Gasteiger partial charge in [-0.1, -0.05) is 34.9 Å². The van der Waals surface area contributed by atoms with E-state index in [0.717, 1.165) is 0 Å². The summed E-state index contributed by atoms with van der Waals surface area (Å²) in [7, 11) is 0. The number of alkyl halides is 1. The number of fused-ring (bicyclic) bond motifs is 1. The molecule has 1 aromatic rings. The molecule has 0 N–H and O–H groups in total. The van der Waals surface area contributed by atoms with E-state index in [4.69, 9.17) is 16.3 Å². The third kappa shape index (κ3) is 2.61. The highest BCUT2D eigenvalue weighted by atomic mass is 35.5. The lowest BCUT2D eigenvalue weighted by Gasteiger charge is -2.28. The molecular weight excluding hydrogens is 256 g/mol. The average molecular weight is 269 g/mol. The monoisotopic (exact) mass is 268 g/mol. The maximum absolute atomic E-state index is 11.2. The SMILES string of the molecule is CCOC(=O)/N=N/C1(Cl)CCOc2ccccc21. The number of hydrogen-bond acceptors (Lipinski definition) is 4. The molecule has 2 rings (SSSR count). The zero-order valence-electron chi connectivity index (χ0n) is 9.93. The van der Waals surface area contributed by atoms with Crippen LogP contribution in [-0.2, 0) is 9.73 Å². The maximum atomic E-state index is 11.2. The van der Waals surface area contributed by atoms with Crippen LogP contribution in [0.4, 0.5) is 4.79 Å². The standard InChI is InChI=1S/C12H13ClN2O3/c1-2-17-11(16)14-15-12(13)7-8-18-10-6-4-3-5-9(10)12/h3-6H,2,7-8H2,1H3/b15-14+. The largest absolute Gasteiger partial charge is 0.493 e. The molecule has 1 unspecified atom stereocenters. The van der Waals surface area contributed by atoms with Gasteiger partial charge in [0.1, 0.15) is 5.75 Å². The van der Waals surface area contributed by atoms with E-state index in [1.807, 2.05) is 24.3 Å². The first kappa shape index (κ1) is 12.8. The number of benzene rings is 1. The Morgan fingerprint density at radius 3 is 3.11 bits per heavy atom. The molecule has 0 saturated carbocycles. The normalized spacial score (nSPS) is 22.3. The number of ether oxygens (including phenoxy) is 2. The lowest BCUT2D eigenvalue weighted by Crippen LogP contribution is -2.25. The minimum absolute atomic E-state index is 0.257. The Bertz CT molecular complexity index is 478. The van der Waals surface area contributed by atoms with Gasteiger partial charge in [-0.3, -0.25) is 0 Å². The van der Waals surface area contributed by atoms with Crippen LogP contribution in [0, 0.1) is 0 Å². The number of azo groups is 1. The summed E-state index contributed by atoms with van der Waals surface area (Å²) in [5.74, 6) is 0.668. The van der Waals surface area contributed by atoms with Crippen LogP contribution in [0.5, 0.6) is 5.75 Å². The molecule has 1 heterocycles. The number of rotatable bonds is 2. The number of nitrogens with zero attached hydrogens (tertiary/aromatic N) is 2. The molecule has 0 radical (unpaired) electrons. The highest BCUT2D eigenvalue weighted by Crippen LogP contribution is 2.43. The van der Waals surface area contributed by atoms with Crippen LogP contribution in [-0.4, -0.2) is 19.3 Å². The van der Waals surface area contributed by atoms with Gasteiger partial charge in [-0.05, 0) is 13.0 Å². The molecule has 1 atom stereocenters. The first-order valence-electron chi connectivity index (χ1n) is 5.66. The Hall–Kier alpha value is -1.62. The number of para-hydroxylation sites is 1. The lowest BCUT2D eigenvalue weighted by molar-refractivity contribution is 0.160. The van der Waals surface area contributed by atoms with Crippen LogP contribution in [0.15, 0.2) is 34.5 Å². The first-order valence-corrected chi connectivity index (χ1v) is 6.04. The summed E-state index contributed by atoms with van der Waals surface area (Å²) in [4.78, 5) is 10.1. The molecule has 0 spiro atoms. The van der Waals surface area contributed by atoms with E-state index < -0.39 is 11.1 Å². The van der Waals surface area contributed by atoms with Crippen LogP contribution >= 0.6 is 11.6 Å². The van der Waals surface area contributed by atoms with E-state index in [0.29, 0.717) is 24.3 Å². The zero-order valence-corrected chi connectivity index (χ0v) is 10.7. The summed E-state index contributed by atoms with van der Waals surface area (Å²) in [6.45, 7) is 2.39. The molecule has 1 amide bonds. The number of carbonyl (C=O) groups is 1. The summed E-state index contributed by atoms with van der Waals surface area (Å²) in [6, 6.07) is 7.31. The van der Waals surface area contributed by atoms with Crippen molar-refractivity contribution in [3.05, 3.63) is 29.8 Å². The molecule has 0 bridgehead atoms. The van der Waals surface area contributed by atoms with Crippen LogP contribution in [0.25, 0.3) is 0 Å². The molecule has 96 valence electrons. The molecule has 6 heteroatoms. The van der Waals surface area contributed by atoms with Gasteiger partial charge in [0, 0.05) is 12.0 Å². The van der Waals surface area contributed by atoms with E-state index in [2.05, 4.69) is 15.0 Å². The summed E-state index contributed by atoms with van der Waals surface area (Å²) >= 11 is 6.40. The van der Waals surface area contributed by atoms with Crippen molar-refractivity contribution < 1.29 is 14.3 Å². The quantitative estimate of drug-likeness (QED) is 0.469. The second-order valence-corrected chi connectivity index (χ2v) is 4.38. The third-order valence-electron chi connectivity index (χ3n) is 2.55. The van der Waals surface area contributed by atoms with E-state index in [-0.39, 0.29) is 6.61 Å². The molecular formula is C12H13ClN2O3. The molecule has 1 aliphatic rings. The molecule has 0 saturated heterocycles. The van der Waals surface area contributed by atoms with Gasteiger partial charge in [0.05, 0.1) is 13.2 Å². The fourth-order valence-corrected chi connectivity index (χ4v) is 1.99. The van der Waals surface area contributed by atoms with Crippen molar-refractivity contribution in [2.75, 3.05) is 13.2 Å². The van der Waals surface area contributed by atoms with E-state index >= 15 is 0 Å². The fourth-order valence-electron chi connectivity index (χ4n) is 1.72. The van der Waals surface area contributed by atoms with Gasteiger partial charge in [-0.2, -0.15) is 5.11 Å². The summed E-state index contributed by atoms with van der Waals surface area (Å²) in [5, 5.41) is 7.40. The predicted molar refractivity (Wildman–Crippen MR) is 66.0 cm³/mol. The van der Waals surface area contributed by atoms with E-state index in [1.54, 1.807) is 6.92 Å². The Labute approximate surface area is 110 Å². The minimum Gasteiger partial charge on any atom is -0.493 e. The van der Waals surface area contributed by atoms with Crippen molar-refractivity contribution in [2.45, 2.75) is 18.3 Å². The molecule has 0 aliphatic carbocycles. The van der Waals surface area contributed by atoms with Crippen molar-refractivity contribution >= 4 is 17.7 Å². The second kappa shape index (κ2) is 5.35. The molecule has 1 aliphatic heterocycles. The van der Waals surface area contributed by atoms with Crippen molar-refractivity contribution in [2.24, 2.45) is 10.2 Å². The summed E-state index contributed by atoms with van der Waals surface area (Å²) in [6.07, 6.45) is -0.282. The number of amides is 1. The number of hydrogen-bond donors (Lipinski definition) is 0. The van der Waals surface area contributed by atoms with Gasteiger partial charge in [0.25, 0.3) is 0 Å². The second-order valence-electron chi connectivity index (χ2n) is 3.75. The molecule has 5 nitrogen and oxygen atoms in total. The van der Waals surface area contributed by atoms with Crippen molar-refractivity contribution in [1.82, 2.24) is 0 Å². The summed E-state index contributed by atoms with van der Waals surface area (Å²) in [5.41, 5.74) is 0.714. The smallest absolute Gasteiger partial charge is 0.452 e. The average Bonchev–Trinajstić information content (AvgIpc) is 2.38. The Morgan fingerprint density at radius 2 is 2.33 bits per heavy atom. The molecule has 1 aromatic carbocycles. The Kier molecular flexibility index (Phi) is 3.81. The highest BCUT2D eigenvalue weighted by Gasteiger charge is 2.36. The van der Waals surface area contributed by atoms with Crippen LogP contribution in [0.3, 0.4) is 0 Å². The van der Waals surface area contributed by atoms with Crippen LogP contribution in [0.2, 0.25) is 0 Å². The van der Waals surface area contributed by atoms with Gasteiger partial charge in [-0.25, -0.2) is 4.79 Å². The minimum atomic E-state index is -1.05. The molecule has 0 fully saturated rings. The highest BCUT2D eigenvalue weighted by molar-refractivity contribution is 6.24. The van der Waals surface area contributed by atoms with Gasteiger partial charge in [0.2, 0.25) is 0 Å². The third-order valence-corrected chi connectivity index (χ3v) is 3.02. The van der Waals surface area contributed by atoms with E-state index in [1.165, 1.54) is 0 Å². The van der Waals surface area contributed by atoms with Gasteiger partial charge < -0.3 is 9.47 Å². The van der Waals surface area contributed by atoms with Gasteiger partial charge >= 0.3 is 6.09 Å². The van der Waals surface area contributed by atoms with Crippen molar-refractivity contribution in [3.8, 4) is 5.75 Å².